The number of nitrogen functional groups attached to an aromatic ring is 1. The molecule has 0 unspecified atom stereocenters. The Morgan fingerprint density at radius 1 is 0.414 bits per heavy atom. The molecule has 2 amide bonds. The number of nitrogens with two attached hydrogens (primary N) is 1. The zero-order valence-corrected chi connectivity index (χ0v) is 49.1. The Morgan fingerprint density at radius 2 is 0.816 bits per heavy atom. The fourth-order valence-electron chi connectivity index (χ4n) is 9.89. The number of hydrogen-bond donors (Lipinski definition) is 6. The maximum atomic E-state index is 12.3. The minimum absolute atomic E-state index is 0. The molecule has 10 aromatic rings. The quantitative estimate of drug-likeness (QED) is 0.0522. The van der Waals surface area contributed by atoms with Crippen molar-refractivity contribution < 1.29 is 33.5 Å². The fourth-order valence-corrected chi connectivity index (χ4v) is 9.89. The van der Waals surface area contributed by atoms with Crippen molar-refractivity contribution in [1.29, 1.82) is 0 Å². The number of Topliss-reactive ketones (excluding diaryl/α,β-unsaturated/α-hetero) is 2. The number of likely N-dealkylation sites (N-methyl/N-ethyl adjacent to an activating group) is 3. The van der Waals surface area contributed by atoms with Crippen molar-refractivity contribution in [2.24, 2.45) is 0 Å². The van der Waals surface area contributed by atoms with Crippen molar-refractivity contribution in [2.75, 3.05) is 90.1 Å². The molecule has 0 spiro atoms. The van der Waals surface area contributed by atoms with Crippen molar-refractivity contribution >= 4 is 101 Å². The van der Waals surface area contributed by atoms with Crippen molar-refractivity contribution in [1.82, 2.24) is 24.7 Å². The highest BCUT2D eigenvalue weighted by Crippen LogP contribution is 2.39. The fraction of sp³-hybridized carbons (Fsp3) is 0.188. The standard InChI is InChI=1S/C18H19N3O2.C17H17N3O2.C17H16N2O2.C13H9NO.C3H6O.CH4.FH/c1-21(2)11-13(22)10-19-12-7-8-14-15-5-3-4-6-17(15)20-18(23)16(14)9-12;1-20(2)10-16(21)18-11-7-8-15-14(9-11)12-5-3-4-6-13(12)17(22)19-15;1-19(2)10-16(20)18-11-7-8-14-15(9-11)12-5-3-4-6-13(12)17(14)21;14-8-5-6-11-12(7-8)9-3-1-2-4-10(9)13(11)15;1-3(2)4;;/h3-9,19H,10-11H2,1-2H3,(H,20,23);3-9H,10H2,1-2H3,(H,18,21)(H,19,22);3-9H,10H2,1-2H3,(H,18,20);1-7H,14H2;1-2H3;1H4;1H. The molecule has 2 aliphatic rings. The van der Waals surface area contributed by atoms with E-state index < -0.39 is 0 Å². The van der Waals surface area contributed by atoms with Crippen LogP contribution >= 0.6 is 0 Å². The van der Waals surface area contributed by atoms with Gasteiger partial charge in [0.05, 0.1) is 26.2 Å². The number of anilines is 4. The lowest BCUT2D eigenvalue weighted by molar-refractivity contribution is -0.118. The van der Waals surface area contributed by atoms with Crippen LogP contribution in [0.25, 0.3) is 65.6 Å². The van der Waals surface area contributed by atoms with Crippen LogP contribution in [0.4, 0.5) is 27.5 Å². The first-order valence-electron chi connectivity index (χ1n) is 27.3. The van der Waals surface area contributed by atoms with Crippen LogP contribution in [0.1, 0.15) is 53.1 Å². The van der Waals surface area contributed by atoms with Crippen LogP contribution in [0.3, 0.4) is 0 Å². The summed E-state index contributed by atoms with van der Waals surface area (Å²) < 4.78 is 0. The summed E-state index contributed by atoms with van der Waals surface area (Å²) >= 11 is 0. The molecular formula is C69H72FN9O8. The number of pyridine rings is 2. The van der Waals surface area contributed by atoms with Gasteiger partial charge in [0, 0.05) is 77.6 Å². The summed E-state index contributed by atoms with van der Waals surface area (Å²) in [5.74, 6) is 0.269. The molecule has 7 N–H and O–H groups in total. The summed E-state index contributed by atoms with van der Waals surface area (Å²) in [6.07, 6.45) is 0. The molecule has 87 heavy (non-hydrogen) atoms. The summed E-state index contributed by atoms with van der Waals surface area (Å²) in [6.45, 7) is 4.35. The molecule has 12 rings (SSSR count). The number of ketones is 4. The van der Waals surface area contributed by atoms with Crippen LogP contribution in [0.2, 0.25) is 0 Å². The van der Waals surface area contributed by atoms with Crippen molar-refractivity contribution in [2.45, 2.75) is 21.3 Å². The highest BCUT2D eigenvalue weighted by atomic mass is 19.0. The molecule has 2 heterocycles. The Hall–Kier alpha value is -10.3. The molecule has 0 saturated heterocycles. The largest absolute Gasteiger partial charge is 0.399 e. The molecule has 0 atom stereocenters. The number of aromatic amines is 2. The number of amides is 2. The van der Waals surface area contributed by atoms with Gasteiger partial charge in [0.15, 0.2) is 17.3 Å². The third kappa shape index (κ3) is 16.3. The molecule has 17 nitrogen and oxygen atoms in total. The second-order valence-corrected chi connectivity index (χ2v) is 21.4. The van der Waals surface area contributed by atoms with Gasteiger partial charge in [-0.1, -0.05) is 98.4 Å². The second-order valence-electron chi connectivity index (χ2n) is 21.4. The smallest absolute Gasteiger partial charge is 0.256 e. The number of fused-ring (bicyclic) bond motifs is 12. The van der Waals surface area contributed by atoms with E-state index in [0.717, 1.165) is 82.9 Å². The number of hydrogen-bond acceptors (Lipinski definition) is 13. The lowest BCUT2D eigenvalue weighted by atomic mass is 10.1. The van der Waals surface area contributed by atoms with E-state index in [1.54, 1.807) is 42.5 Å². The number of H-pyrrole nitrogens is 2. The topological polar surface area (TPSA) is 240 Å². The molecular weight excluding hydrogens is 1100 g/mol. The van der Waals surface area contributed by atoms with E-state index >= 15 is 0 Å². The van der Waals surface area contributed by atoms with Crippen LogP contribution < -0.4 is 32.8 Å². The maximum absolute atomic E-state index is 12.3. The normalized spacial score (nSPS) is 11.2. The summed E-state index contributed by atoms with van der Waals surface area (Å²) in [6, 6.07) is 52.3. The van der Waals surface area contributed by atoms with Gasteiger partial charge in [0.25, 0.3) is 11.1 Å². The van der Waals surface area contributed by atoms with E-state index in [9.17, 15) is 38.4 Å². The molecule has 448 valence electrons. The Morgan fingerprint density at radius 3 is 1.38 bits per heavy atom. The van der Waals surface area contributed by atoms with Crippen LogP contribution in [0.5, 0.6) is 0 Å². The van der Waals surface area contributed by atoms with E-state index in [1.807, 2.05) is 184 Å². The van der Waals surface area contributed by atoms with Crippen molar-refractivity contribution in [3.8, 4) is 22.3 Å². The zero-order valence-electron chi connectivity index (χ0n) is 49.1. The van der Waals surface area contributed by atoms with Gasteiger partial charge in [0.1, 0.15) is 5.78 Å². The molecule has 0 bridgehead atoms. The third-order valence-corrected chi connectivity index (χ3v) is 13.4. The number of rotatable bonds is 11. The monoisotopic (exact) mass is 1170 g/mol. The molecule has 2 aromatic heterocycles. The van der Waals surface area contributed by atoms with Gasteiger partial charge >= 0.3 is 0 Å². The highest BCUT2D eigenvalue weighted by Gasteiger charge is 2.27. The molecule has 8 aromatic carbocycles. The molecule has 0 saturated carbocycles. The number of benzene rings is 8. The average molecular weight is 1170 g/mol. The van der Waals surface area contributed by atoms with Crippen LogP contribution in [0.15, 0.2) is 179 Å². The molecule has 0 fully saturated rings. The van der Waals surface area contributed by atoms with E-state index in [4.69, 9.17) is 5.73 Å². The highest BCUT2D eigenvalue weighted by molar-refractivity contribution is 6.23. The van der Waals surface area contributed by atoms with Crippen LogP contribution in [-0.4, -0.2) is 128 Å². The Kier molecular flexibility index (Phi) is 22.3. The first kappa shape index (κ1) is 65.9. The summed E-state index contributed by atoms with van der Waals surface area (Å²) in [5, 5.41) is 13.8. The van der Waals surface area contributed by atoms with E-state index in [-0.39, 0.29) is 64.7 Å². The van der Waals surface area contributed by atoms with Gasteiger partial charge in [-0.25, -0.2) is 0 Å². The minimum Gasteiger partial charge on any atom is -0.399 e. The number of carbonyl (C=O) groups excluding carboxylic acids is 6. The van der Waals surface area contributed by atoms with Crippen LogP contribution in [0, 0.1) is 0 Å². The first-order valence-corrected chi connectivity index (χ1v) is 27.3. The van der Waals surface area contributed by atoms with E-state index in [0.29, 0.717) is 47.3 Å². The predicted molar refractivity (Wildman–Crippen MR) is 351 cm³/mol. The number of nitrogens with one attached hydrogen (secondary N) is 5. The Balaban J connectivity index is 0.000000181. The number of nitrogens with zero attached hydrogens (tertiary/aromatic N) is 3. The molecule has 0 radical (unpaired) electrons. The maximum Gasteiger partial charge on any atom is 0.256 e. The second kappa shape index (κ2) is 29.5. The van der Waals surface area contributed by atoms with Gasteiger partial charge in [-0.2, -0.15) is 0 Å². The Bertz CT molecular complexity index is 4340. The summed E-state index contributed by atoms with van der Waals surface area (Å²) in [5.41, 5.74) is 16.7. The Labute approximate surface area is 503 Å². The van der Waals surface area contributed by atoms with Gasteiger partial charge < -0.3 is 51.1 Å². The van der Waals surface area contributed by atoms with E-state index in [2.05, 4.69) is 25.9 Å². The lowest BCUT2D eigenvalue weighted by Gasteiger charge is -2.11. The SMILES string of the molecule is C.CC(C)=O.CN(C)CC(=O)CNc1ccc2c(c1)c(=O)[nH]c1ccccc12.CN(C)CC(=O)Nc1ccc2[nH]c(=O)c3ccccc3c2c1.CN(C)CC(=O)Nc1ccc2c(c1)-c1ccccc1C2=O.F.Nc1ccc2c(c1)-c1ccccc1C2=O. The number of para-hydroxylation sites is 1. The van der Waals surface area contributed by atoms with Gasteiger partial charge in [-0.05, 0) is 168 Å². The number of halogens is 1. The predicted octanol–water partition coefficient (Wildman–Crippen LogP) is 10.7. The lowest BCUT2D eigenvalue weighted by Crippen LogP contribution is -2.27. The van der Waals surface area contributed by atoms with E-state index in [1.165, 1.54) is 13.8 Å². The summed E-state index contributed by atoms with van der Waals surface area (Å²) in [7, 11) is 11.1. The van der Waals surface area contributed by atoms with Gasteiger partial charge in [0.2, 0.25) is 11.8 Å². The van der Waals surface area contributed by atoms with Gasteiger partial charge in [-0.3, -0.25) is 38.3 Å². The number of carbonyl (C=O) groups is 6. The zero-order chi connectivity index (χ0) is 61.1. The summed E-state index contributed by atoms with van der Waals surface area (Å²) in [4.78, 5) is 105. The molecule has 0 aliphatic heterocycles. The van der Waals surface area contributed by atoms with Gasteiger partial charge in [-0.15, -0.1) is 0 Å². The third-order valence-electron chi connectivity index (χ3n) is 13.4. The average Bonchev–Trinajstić information content (AvgIpc) is 2.10. The first-order chi connectivity index (χ1) is 40.6. The number of aromatic nitrogens is 2. The molecule has 2 aliphatic carbocycles. The van der Waals surface area contributed by atoms with Crippen molar-refractivity contribution in [3.63, 3.8) is 0 Å². The van der Waals surface area contributed by atoms with Crippen molar-refractivity contribution in [3.05, 3.63) is 213 Å². The molecule has 18 heteroatoms. The van der Waals surface area contributed by atoms with Crippen LogP contribution in [-0.2, 0) is 19.2 Å². The minimum atomic E-state index is -0.123.